The summed E-state index contributed by atoms with van der Waals surface area (Å²) in [5.74, 6) is 0. The van der Waals surface area contributed by atoms with Crippen molar-refractivity contribution in [1.29, 1.82) is 0 Å². The molecule has 2 aromatic rings. The Hall–Kier alpha value is -1.20. The minimum atomic E-state index is 0.774. The molecule has 1 aliphatic heterocycles. The monoisotopic (exact) mass is 278 g/mol. The van der Waals surface area contributed by atoms with Gasteiger partial charge < -0.3 is 10.3 Å². The molecule has 2 N–H and O–H groups in total. The lowest BCUT2D eigenvalue weighted by Gasteiger charge is -2.12. The second-order valence-corrected chi connectivity index (χ2v) is 4.59. The highest BCUT2D eigenvalue weighted by atomic mass is 79.9. The lowest BCUT2D eigenvalue weighted by Crippen LogP contribution is -2.19. The molecule has 0 fully saturated rings. The predicted octanol–water partition coefficient (Wildman–Crippen LogP) is 2.10. The smallest absolute Gasteiger partial charge is 0.156 e. The Kier molecular flexibility index (Phi) is 2.49. The van der Waals surface area contributed by atoms with E-state index in [9.17, 15) is 0 Å². The van der Waals surface area contributed by atoms with Gasteiger partial charge >= 0.3 is 0 Å². The fraction of sp³-hybridized carbons (Fsp3) is 0.273. The molecule has 0 saturated carbocycles. The third-order valence-corrected chi connectivity index (χ3v) is 3.14. The summed E-state index contributed by atoms with van der Waals surface area (Å²) in [5.41, 5.74) is 4.31. The second kappa shape index (κ2) is 3.99. The Bertz CT molecular complexity index is 558. The molecule has 3 rings (SSSR count). The van der Waals surface area contributed by atoms with Crippen molar-refractivity contribution in [3.63, 3.8) is 0 Å². The van der Waals surface area contributed by atoms with Gasteiger partial charge in [-0.1, -0.05) is 6.08 Å². The molecule has 3 heterocycles. The van der Waals surface area contributed by atoms with Crippen LogP contribution in [0.5, 0.6) is 0 Å². The van der Waals surface area contributed by atoms with Crippen LogP contribution >= 0.6 is 15.9 Å². The van der Waals surface area contributed by atoms with E-state index >= 15 is 0 Å². The van der Waals surface area contributed by atoms with Crippen molar-refractivity contribution in [3.05, 3.63) is 28.6 Å². The van der Waals surface area contributed by atoms with Crippen LogP contribution in [-0.4, -0.2) is 28.0 Å². The lowest BCUT2D eigenvalue weighted by molar-refractivity contribution is 0.739. The highest BCUT2D eigenvalue weighted by molar-refractivity contribution is 9.10. The van der Waals surface area contributed by atoms with Crippen LogP contribution in [0.3, 0.4) is 0 Å². The van der Waals surface area contributed by atoms with E-state index < -0.39 is 0 Å². The fourth-order valence-electron chi connectivity index (χ4n) is 1.98. The number of aromatic amines is 1. The molecule has 0 saturated heterocycles. The van der Waals surface area contributed by atoms with Gasteiger partial charge in [-0.05, 0) is 34.5 Å². The Balaban J connectivity index is 2.16. The molecule has 2 aromatic heterocycles. The summed E-state index contributed by atoms with van der Waals surface area (Å²) in [6, 6.07) is 0. The van der Waals surface area contributed by atoms with E-state index in [1.54, 1.807) is 6.20 Å². The van der Waals surface area contributed by atoms with Gasteiger partial charge in [-0.15, -0.1) is 0 Å². The number of fused-ring (bicyclic) bond motifs is 1. The summed E-state index contributed by atoms with van der Waals surface area (Å²) in [6.07, 6.45) is 6.96. The van der Waals surface area contributed by atoms with Crippen LogP contribution in [0.25, 0.3) is 16.7 Å². The first-order chi connectivity index (χ1) is 7.84. The molecule has 16 heavy (non-hydrogen) atoms. The number of H-pyrrole nitrogens is 1. The van der Waals surface area contributed by atoms with Gasteiger partial charge in [0.2, 0.25) is 0 Å². The number of rotatable bonds is 1. The quantitative estimate of drug-likeness (QED) is 0.840. The average molecular weight is 279 g/mol. The highest BCUT2D eigenvalue weighted by Crippen LogP contribution is 2.26. The molecule has 0 atom stereocenters. The molecule has 4 nitrogen and oxygen atoms in total. The summed E-state index contributed by atoms with van der Waals surface area (Å²) < 4.78 is 0.774. The molecule has 5 heteroatoms. The van der Waals surface area contributed by atoms with Gasteiger partial charge in [0.25, 0.3) is 0 Å². The summed E-state index contributed by atoms with van der Waals surface area (Å²) >= 11 is 3.36. The Labute approximate surface area is 101 Å². The molecule has 0 spiro atoms. The van der Waals surface area contributed by atoms with E-state index in [0.29, 0.717) is 0 Å². The third kappa shape index (κ3) is 1.66. The molecular formula is C11H11BrN4. The molecule has 0 amide bonds. The SMILES string of the molecule is Brc1cnc2[nH]cc(C3=CCNCC3)c2n1. The van der Waals surface area contributed by atoms with Gasteiger partial charge in [-0.2, -0.15) is 0 Å². The van der Waals surface area contributed by atoms with Crippen molar-refractivity contribution >= 4 is 32.7 Å². The standard InChI is InChI=1S/C11H11BrN4/c12-9-6-15-11-10(16-9)8(5-14-11)7-1-3-13-4-2-7/h1,5-6,13H,2-4H2,(H,14,15). The number of aromatic nitrogens is 3. The van der Waals surface area contributed by atoms with Crippen LogP contribution in [0.4, 0.5) is 0 Å². The van der Waals surface area contributed by atoms with Gasteiger partial charge in [0.15, 0.2) is 5.65 Å². The fourth-order valence-corrected chi connectivity index (χ4v) is 2.26. The first kappa shape index (κ1) is 9.99. The van der Waals surface area contributed by atoms with Crippen molar-refractivity contribution < 1.29 is 0 Å². The normalized spacial score (nSPS) is 16.4. The van der Waals surface area contributed by atoms with Crippen molar-refractivity contribution in [2.24, 2.45) is 0 Å². The molecule has 0 bridgehead atoms. The van der Waals surface area contributed by atoms with Gasteiger partial charge in [-0.25, -0.2) is 9.97 Å². The van der Waals surface area contributed by atoms with Crippen molar-refractivity contribution in [2.75, 3.05) is 13.1 Å². The van der Waals surface area contributed by atoms with Crippen molar-refractivity contribution in [1.82, 2.24) is 20.3 Å². The zero-order valence-electron chi connectivity index (χ0n) is 8.63. The van der Waals surface area contributed by atoms with E-state index in [0.717, 1.165) is 35.3 Å². The summed E-state index contributed by atoms with van der Waals surface area (Å²) in [5, 5.41) is 3.30. The van der Waals surface area contributed by atoms with Crippen molar-refractivity contribution in [3.8, 4) is 0 Å². The Morgan fingerprint density at radius 1 is 1.38 bits per heavy atom. The van der Waals surface area contributed by atoms with E-state index in [4.69, 9.17) is 0 Å². The zero-order chi connectivity index (χ0) is 11.0. The van der Waals surface area contributed by atoms with Crippen LogP contribution in [0.2, 0.25) is 0 Å². The molecule has 1 aliphatic rings. The maximum atomic E-state index is 4.47. The van der Waals surface area contributed by atoms with Crippen molar-refractivity contribution in [2.45, 2.75) is 6.42 Å². The number of nitrogens with zero attached hydrogens (tertiary/aromatic N) is 2. The van der Waals surface area contributed by atoms with Crippen LogP contribution in [0, 0.1) is 0 Å². The van der Waals surface area contributed by atoms with Crippen LogP contribution in [-0.2, 0) is 0 Å². The topological polar surface area (TPSA) is 53.6 Å². The van der Waals surface area contributed by atoms with Crippen LogP contribution < -0.4 is 5.32 Å². The predicted molar refractivity (Wildman–Crippen MR) is 67.1 cm³/mol. The van der Waals surface area contributed by atoms with Gasteiger partial charge in [-0.3, -0.25) is 0 Å². The molecule has 0 aromatic carbocycles. The zero-order valence-corrected chi connectivity index (χ0v) is 10.2. The Morgan fingerprint density at radius 2 is 2.31 bits per heavy atom. The number of halogens is 1. The number of hydrogen-bond donors (Lipinski definition) is 2. The molecule has 0 unspecified atom stereocenters. The van der Waals surface area contributed by atoms with E-state index in [1.807, 2.05) is 6.20 Å². The summed E-state index contributed by atoms with van der Waals surface area (Å²) in [6.45, 7) is 1.96. The number of nitrogens with one attached hydrogen (secondary N) is 2. The van der Waals surface area contributed by atoms with Crippen LogP contribution in [0.15, 0.2) is 23.1 Å². The second-order valence-electron chi connectivity index (χ2n) is 3.78. The molecule has 0 aliphatic carbocycles. The van der Waals surface area contributed by atoms with Gasteiger partial charge in [0.1, 0.15) is 10.1 Å². The maximum Gasteiger partial charge on any atom is 0.156 e. The average Bonchev–Trinajstić information content (AvgIpc) is 2.73. The third-order valence-electron chi connectivity index (χ3n) is 2.76. The van der Waals surface area contributed by atoms with E-state index in [-0.39, 0.29) is 0 Å². The van der Waals surface area contributed by atoms with Crippen LogP contribution in [0.1, 0.15) is 12.0 Å². The Morgan fingerprint density at radius 3 is 3.12 bits per heavy atom. The number of hydrogen-bond acceptors (Lipinski definition) is 3. The minimum absolute atomic E-state index is 0.774. The van der Waals surface area contributed by atoms with E-state index in [2.05, 4.69) is 42.3 Å². The largest absolute Gasteiger partial charge is 0.344 e. The maximum absolute atomic E-state index is 4.47. The molecule has 0 radical (unpaired) electrons. The van der Waals surface area contributed by atoms with Gasteiger partial charge in [0.05, 0.1) is 6.20 Å². The minimum Gasteiger partial charge on any atom is -0.344 e. The molecule has 82 valence electrons. The first-order valence-electron chi connectivity index (χ1n) is 5.24. The van der Waals surface area contributed by atoms with E-state index in [1.165, 1.54) is 11.1 Å². The highest BCUT2D eigenvalue weighted by Gasteiger charge is 2.12. The summed E-state index contributed by atoms with van der Waals surface area (Å²) in [7, 11) is 0. The summed E-state index contributed by atoms with van der Waals surface area (Å²) in [4.78, 5) is 11.9. The molecular weight excluding hydrogens is 268 g/mol. The first-order valence-corrected chi connectivity index (χ1v) is 6.03. The van der Waals surface area contributed by atoms with Gasteiger partial charge in [0, 0.05) is 18.3 Å². The lowest BCUT2D eigenvalue weighted by atomic mass is 10.0.